The molecular weight excluding hydrogens is 360 g/mol. The molecule has 0 aromatic heterocycles. The maximum atomic E-state index is 13.1. The third-order valence-electron chi connectivity index (χ3n) is 5.49. The average Bonchev–Trinajstić information content (AvgIpc) is 3.01. The maximum absolute atomic E-state index is 13.1. The zero-order valence-electron chi connectivity index (χ0n) is 18.9. The van der Waals surface area contributed by atoms with Crippen molar-refractivity contribution in [2.45, 2.75) is 78.4 Å². The third kappa shape index (κ3) is 4.98. The Morgan fingerprint density at radius 1 is 1.21 bits per heavy atom. The molecule has 2 saturated heterocycles. The van der Waals surface area contributed by atoms with Crippen molar-refractivity contribution in [3.63, 3.8) is 0 Å². The smallest absolute Gasteiger partial charge is 0.412 e. The number of rotatable bonds is 4. The van der Waals surface area contributed by atoms with Gasteiger partial charge in [-0.25, -0.2) is 4.79 Å². The number of nitrogens with zero attached hydrogens (tertiary/aromatic N) is 2. The molecule has 1 amide bonds. The van der Waals surface area contributed by atoms with Crippen LogP contribution >= 0.6 is 0 Å². The SMILES string of the molecule is COC(=O)[C@H]1CN(C)C[C@H]1[C@@H]1OC(C)(C)N(C(=O)OC(C)(C)C)[C@H]1CC(C)C. The molecule has 2 aliphatic heterocycles. The van der Waals surface area contributed by atoms with Gasteiger partial charge in [-0.3, -0.25) is 9.69 Å². The number of hydrogen-bond acceptors (Lipinski definition) is 6. The van der Waals surface area contributed by atoms with E-state index in [2.05, 4.69) is 18.7 Å². The van der Waals surface area contributed by atoms with Gasteiger partial charge in [0.2, 0.25) is 0 Å². The molecule has 162 valence electrons. The molecule has 0 aromatic rings. The molecule has 0 bridgehead atoms. The summed E-state index contributed by atoms with van der Waals surface area (Å²) in [4.78, 5) is 29.4. The minimum Gasteiger partial charge on any atom is -0.469 e. The Morgan fingerprint density at radius 3 is 2.32 bits per heavy atom. The lowest BCUT2D eigenvalue weighted by molar-refractivity contribution is -0.149. The van der Waals surface area contributed by atoms with Crippen LogP contribution in [0.3, 0.4) is 0 Å². The van der Waals surface area contributed by atoms with Crippen LogP contribution in [-0.4, -0.2) is 72.6 Å². The van der Waals surface area contributed by atoms with Crippen LogP contribution < -0.4 is 0 Å². The molecule has 2 heterocycles. The fourth-order valence-corrected chi connectivity index (χ4v) is 4.54. The van der Waals surface area contributed by atoms with Gasteiger partial charge in [0.05, 0.1) is 25.2 Å². The molecule has 7 nitrogen and oxygen atoms in total. The third-order valence-corrected chi connectivity index (χ3v) is 5.49. The summed E-state index contributed by atoms with van der Waals surface area (Å²) in [6.07, 6.45) is 0.159. The van der Waals surface area contributed by atoms with Gasteiger partial charge in [-0.15, -0.1) is 0 Å². The van der Waals surface area contributed by atoms with Crippen LogP contribution in [0, 0.1) is 17.8 Å². The molecule has 7 heteroatoms. The van der Waals surface area contributed by atoms with E-state index >= 15 is 0 Å². The minimum atomic E-state index is -0.811. The van der Waals surface area contributed by atoms with Gasteiger partial charge in [-0.2, -0.15) is 0 Å². The second-order valence-corrected chi connectivity index (χ2v) is 10.1. The Kier molecular flexibility index (Phi) is 6.71. The Hall–Kier alpha value is -1.34. The zero-order chi connectivity index (χ0) is 21.4. The van der Waals surface area contributed by atoms with Crippen molar-refractivity contribution in [3.05, 3.63) is 0 Å². The van der Waals surface area contributed by atoms with E-state index in [1.807, 2.05) is 41.7 Å². The Bertz CT molecular complexity index is 584. The summed E-state index contributed by atoms with van der Waals surface area (Å²) in [5, 5.41) is 0. The molecule has 0 aromatic carbocycles. The van der Waals surface area contributed by atoms with E-state index in [9.17, 15) is 9.59 Å². The number of likely N-dealkylation sites (tertiary alicyclic amines) is 1. The lowest BCUT2D eigenvalue weighted by Crippen LogP contribution is -2.51. The van der Waals surface area contributed by atoms with Gasteiger partial charge in [0.15, 0.2) is 0 Å². The Balaban J connectivity index is 2.38. The molecule has 4 atom stereocenters. The predicted molar refractivity (Wildman–Crippen MR) is 107 cm³/mol. The molecule has 0 unspecified atom stereocenters. The lowest BCUT2D eigenvalue weighted by Gasteiger charge is -2.36. The number of carbonyl (C=O) groups excluding carboxylic acids is 2. The number of esters is 1. The first-order valence-electron chi connectivity index (χ1n) is 10.2. The average molecular weight is 399 g/mol. The topological polar surface area (TPSA) is 68.3 Å². The van der Waals surface area contributed by atoms with E-state index in [-0.39, 0.29) is 36.0 Å². The Morgan fingerprint density at radius 2 is 1.82 bits per heavy atom. The van der Waals surface area contributed by atoms with Crippen LogP contribution in [0.15, 0.2) is 0 Å². The van der Waals surface area contributed by atoms with E-state index in [1.165, 1.54) is 7.11 Å². The van der Waals surface area contributed by atoms with E-state index in [4.69, 9.17) is 14.2 Å². The molecular formula is C21H38N2O5. The predicted octanol–water partition coefficient (Wildman–Crippen LogP) is 3.12. The van der Waals surface area contributed by atoms with Crippen LogP contribution in [-0.2, 0) is 19.0 Å². The molecule has 2 fully saturated rings. The normalized spacial score (nSPS) is 30.7. The van der Waals surface area contributed by atoms with Gasteiger partial charge in [0.25, 0.3) is 0 Å². The lowest BCUT2D eigenvalue weighted by atomic mass is 9.84. The Labute approximate surface area is 169 Å². The van der Waals surface area contributed by atoms with E-state index < -0.39 is 11.3 Å². The molecule has 28 heavy (non-hydrogen) atoms. The summed E-state index contributed by atoms with van der Waals surface area (Å²) in [7, 11) is 3.43. The second kappa shape index (κ2) is 8.19. The number of carbonyl (C=O) groups is 2. The van der Waals surface area contributed by atoms with Gasteiger partial charge in [-0.1, -0.05) is 13.8 Å². The highest BCUT2D eigenvalue weighted by atomic mass is 16.6. The summed E-state index contributed by atoms with van der Waals surface area (Å²) in [6, 6.07) is -0.159. The summed E-state index contributed by atoms with van der Waals surface area (Å²) < 4.78 is 17.2. The molecule has 0 spiro atoms. The number of methoxy groups -OCH3 is 1. The van der Waals surface area contributed by atoms with Crippen LogP contribution in [0.5, 0.6) is 0 Å². The van der Waals surface area contributed by atoms with Crippen molar-refractivity contribution in [2.75, 3.05) is 27.2 Å². The van der Waals surface area contributed by atoms with E-state index in [1.54, 1.807) is 4.90 Å². The number of hydrogen-bond donors (Lipinski definition) is 0. The monoisotopic (exact) mass is 398 g/mol. The van der Waals surface area contributed by atoms with Gasteiger partial charge in [-0.05, 0) is 54.0 Å². The highest BCUT2D eigenvalue weighted by molar-refractivity contribution is 5.74. The minimum absolute atomic E-state index is 0.0343. The quantitative estimate of drug-likeness (QED) is 0.678. The summed E-state index contributed by atoms with van der Waals surface area (Å²) >= 11 is 0. The van der Waals surface area contributed by atoms with Gasteiger partial charge >= 0.3 is 12.1 Å². The molecule has 0 saturated carbocycles. The molecule has 0 aliphatic carbocycles. The maximum Gasteiger partial charge on any atom is 0.412 e. The van der Waals surface area contributed by atoms with E-state index in [0.29, 0.717) is 12.5 Å². The zero-order valence-corrected chi connectivity index (χ0v) is 18.9. The van der Waals surface area contributed by atoms with Gasteiger partial charge in [0.1, 0.15) is 11.3 Å². The van der Waals surface area contributed by atoms with Crippen molar-refractivity contribution in [1.29, 1.82) is 0 Å². The fraction of sp³-hybridized carbons (Fsp3) is 0.905. The van der Waals surface area contributed by atoms with Crippen molar-refractivity contribution in [3.8, 4) is 0 Å². The standard InChI is InChI=1S/C21H38N2O5/c1-13(2)10-16-17(14-11-22(8)12-15(14)18(24)26-9)27-21(6,7)23(16)19(25)28-20(3,4)5/h13-17H,10-12H2,1-9H3/t14-,15+,16+,17+/m1/s1. The van der Waals surface area contributed by atoms with Crippen molar-refractivity contribution in [1.82, 2.24) is 9.80 Å². The van der Waals surface area contributed by atoms with Gasteiger partial charge < -0.3 is 19.1 Å². The molecule has 0 N–H and O–H groups in total. The first-order chi connectivity index (χ1) is 12.8. The van der Waals surface area contributed by atoms with Crippen molar-refractivity contribution in [2.24, 2.45) is 17.8 Å². The van der Waals surface area contributed by atoms with Crippen LogP contribution in [0.4, 0.5) is 4.79 Å². The number of ether oxygens (including phenoxy) is 3. The highest BCUT2D eigenvalue weighted by Gasteiger charge is 2.56. The summed E-state index contributed by atoms with van der Waals surface area (Å²) in [5.41, 5.74) is -1.40. The van der Waals surface area contributed by atoms with Crippen LogP contribution in [0.2, 0.25) is 0 Å². The second-order valence-electron chi connectivity index (χ2n) is 10.1. The largest absolute Gasteiger partial charge is 0.469 e. The molecule has 2 rings (SSSR count). The molecule has 0 radical (unpaired) electrons. The highest BCUT2D eigenvalue weighted by Crippen LogP contribution is 2.43. The van der Waals surface area contributed by atoms with Crippen molar-refractivity contribution >= 4 is 12.1 Å². The van der Waals surface area contributed by atoms with Crippen LogP contribution in [0.1, 0.15) is 54.9 Å². The van der Waals surface area contributed by atoms with E-state index in [0.717, 1.165) is 13.0 Å². The van der Waals surface area contributed by atoms with Crippen LogP contribution in [0.25, 0.3) is 0 Å². The van der Waals surface area contributed by atoms with Gasteiger partial charge in [0, 0.05) is 19.0 Å². The first kappa shape index (κ1) is 22.9. The molecule has 2 aliphatic rings. The van der Waals surface area contributed by atoms with Crippen molar-refractivity contribution < 1.29 is 23.8 Å². The number of amides is 1. The summed E-state index contributed by atoms with van der Waals surface area (Å²) in [6.45, 7) is 15.0. The first-order valence-corrected chi connectivity index (χ1v) is 10.2. The fourth-order valence-electron chi connectivity index (χ4n) is 4.54. The summed E-state index contributed by atoms with van der Waals surface area (Å²) in [5.74, 6) is -0.141.